The van der Waals surface area contributed by atoms with Crippen molar-refractivity contribution in [2.45, 2.75) is 38.0 Å². The van der Waals surface area contributed by atoms with Crippen LogP contribution < -0.4 is 10.6 Å². The molecule has 0 saturated carbocycles. The summed E-state index contributed by atoms with van der Waals surface area (Å²) in [5.41, 5.74) is -1.57. The van der Waals surface area contributed by atoms with Crippen LogP contribution in [0.15, 0.2) is 35.2 Å². The Morgan fingerprint density at radius 2 is 2.10 bits per heavy atom. The largest absolute Gasteiger partial charge is 0.361 e. The van der Waals surface area contributed by atoms with Crippen LogP contribution in [-0.4, -0.2) is 53.6 Å². The second-order valence-electron chi connectivity index (χ2n) is 7.27. The van der Waals surface area contributed by atoms with E-state index in [-0.39, 0.29) is 23.9 Å². The van der Waals surface area contributed by atoms with Gasteiger partial charge in [0.15, 0.2) is 9.84 Å². The molecule has 0 aromatic carbocycles. The van der Waals surface area contributed by atoms with Crippen LogP contribution in [-0.2, 0) is 9.84 Å². The summed E-state index contributed by atoms with van der Waals surface area (Å²) in [4.78, 5) is 20.1. The molecule has 0 radical (unpaired) electrons. The van der Waals surface area contributed by atoms with Gasteiger partial charge in [-0.05, 0) is 45.9 Å². The number of allylic oxidation sites excluding steroid dienone is 1. The van der Waals surface area contributed by atoms with Gasteiger partial charge in [-0.2, -0.15) is 0 Å². The Hall–Kier alpha value is -2.33. The lowest BCUT2D eigenvalue weighted by atomic mass is 9.94. The average Bonchev–Trinajstić information content (AvgIpc) is 2.63. The van der Waals surface area contributed by atoms with Crippen LogP contribution in [0.4, 0.5) is 4.39 Å². The van der Waals surface area contributed by atoms with Gasteiger partial charge in [-0.15, -0.1) is 0 Å². The first kappa shape index (κ1) is 23.0. The third-order valence-electron chi connectivity index (χ3n) is 4.70. The van der Waals surface area contributed by atoms with Crippen molar-refractivity contribution >= 4 is 38.9 Å². The van der Waals surface area contributed by atoms with Crippen molar-refractivity contribution in [3.8, 4) is 0 Å². The quantitative estimate of drug-likeness (QED) is 0.602. The normalized spacial score (nSPS) is 24.0. The van der Waals surface area contributed by atoms with E-state index in [4.69, 9.17) is 17.0 Å². The van der Waals surface area contributed by atoms with Crippen LogP contribution >= 0.6 is 11.6 Å². The van der Waals surface area contributed by atoms with Gasteiger partial charge >= 0.3 is 0 Å². The molecule has 8 nitrogen and oxygen atoms in total. The number of carbonyl (C=O) groups excluding carboxylic acids is 1. The molecule has 0 bridgehead atoms. The van der Waals surface area contributed by atoms with E-state index >= 15 is 0 Å². The molecule has 1 aliphatic rings. The van der Waals surface area contributed by atoms with Gasteiger partial charge in [0.05, 0.1) is 22.0 Å². The minimum Gasteiger partial charge on any atom is -0.361 e. The van der Waals surface area contributed by atoms with Crippen molar-refractivity contribution in [3.63, 3.8) is 0 Å². The van der Waals surface area contributed by atoms with Gasteiger partial charge in [0, 0.05) is 6.20 Å². The lowest BCUT2D eigenvalue weighted by Crippen LogP contribution is -2.68. The SMILES string of the molecule is C/C=C(F)\C(=N/CNC(=O)c1ccc(Cl)cn1)[C@]1(C)CS(=O)(=O)C(C)(C)C(=N)N1. The second-order valence-corrected chi connectivity index (χ2v) is 10.2. The van der Waals surface area contributed by atoms with E-state index in [0.717, 1.165) is 6.08 Å². The summed E-state index contributed by atoms with van der Waals surface area (Å²) in [6.07, 6.45) is 2.46. The molecule has 1 fully saturated rings. The molecule has 1 aromatic rings. The lowest BCUT2D eigenvalue weighted by Gasteiger charge is -2.43. The number of pyridine rings is 1. The number of carbonyl (C=O) groups is 1. The van der Waals surface area contributed by atoms with Crippen LogP contribution in [0.25, 0.3) is 0 Å². The zero-order chi connectivity index (χ0) is 22.0. The summed E-state index contributed by atoms with van der Waals surface area (Å²) in [5.74, 6) is -2.00. The Kier molecular flexibility index (Phi) is 6.48. The molecule has 158 valence electrons. The van der Waals surface area contributed by atoms with Gasteiger partial charge in [0.2, 0.25) is 0 Å². The van der Waals surface area contributed by atoms with E-state index in [9.17, 15) is 17.6 Å². The number of rotatable bonds is 5. The van der Waals surface area contributed by atoms with E-state index in [1.165, 1.54) is 46.0 Å². The second kappa shape index (κ2) is 8.19. The predicted molar refractivity (Wildman–Crippen MR) is 111 cm³/mol. The van der Waals surface area contributed by atoms with Crippen LogP contribution in [0.5, 0.6) is 0 Å². The summed E-state index contributed by atoms with van der Waals surface area (Å²) in [6.45, 7) is 5.42. The predicted octanol–water partition coefficient (Wildman–Crippen LogP) is 2.27. The van der Waals surface area contributed by atoms with Crippen molar-refractivity contribution < 1.29 is 17.6 Å². The summed E-state index contributed by atoms with van der Waals surface area (Å²) in [7, 11) is -3.76. The Labute approximate surface area is 174 Å². The number of hydrogen-bond donors (Lipinski definition) is 3. The molecule has 1 aliphatic heterocycles. The molecule has 0 aliphatic carbocycles. The fraction of sp³-hybridized carbons (Fsp3) is 0.444. The number of amidine groups is 1. The zero-order valence-electron chi connectivity index (χ0n) is 16.5. The first-order chi connectivity index (χ1) is 13.3. The first-order valence-corrected chi connectivity index (χ1v) is 10.7. The third kappa shape index (κ3) is 4.64. The Balaban J connectivity index is 2.28. The highest BCUT2D eigenvalue weighted by Gasteiger charge is 2.52. The van der Waals surface area contributed by atoms with E-state index in [1.54, 1.807) is 0 Å². The molecule has 2 heterocycles. The minimum absolute atomic E-state index is 0.103. The number of halogens is 2. The van der Waals surface area contributed by atoms with Gasteiger partial charge in [-0.1, -0.05) is 11.6 Å². The first-order valence-electron chi connectivity index (χ1n) is 8.70. The highest BCUT2D eigenvalue weighted by Crippen LogP contribution is 2.30. The van der Waals surface area contributed by atoms with Crippen molar-refractivity contribution in [1.82, 2.24) is 15.6 Å². The number of aromatic nitrogens is 1. The smallest absolute Gasteiger partial charge is 0.271 e. The molecule has 0 unspecified atom stereocenters. The molecule has 1 atom stereocenters. The standard InChI is InChI=1S/C18H23ClFN5O3S/c1-5-12(20)14(18(4)9-29(27,28)17(2,3)16(21)25-18)23-10-24-15(26)13-7-6-11(19)8-22-13/h5-8H,9-10H2,1-4H3,(H2,21,25)(H,24,26)/b12-5+,23-14+/t18-/m0/s1. The number of amides is 1. The maximum atomic E-state index is 14.6. The molecule has 1 aromatic heterocycles. The number of nitrogens with zero attached hydrogens (tertiary/aromatic N) is 2. The number of hydrogen-bond acceptors (Lipinski definition) is 6. The van der Waals surface area contributed by atoms with Crippen molar-refractivity contribution in [1.29, 1.82) is 5.41 Å². The van der Waals surface area contributed by atoms with Gasteiger partial charge in [-0.25, -0.2) is 17.8 Å². The molecule has 29 heavy (non-hydrogen) atoms. The van der Waals surface area contributed by atoms with Crippen molar-refractivity contribution in [3.05, 3.63) is 40.9 Å². The number of sulfone groups is 1. The van der Waals surface area contributed by atoms with Crippen molar-refractivity contribution in [2.75, 3.05) is 12.4 Å². The molecule has 11 heteroatoms. The van der Waals surface area contributed by atoms with Crippen LogP contribution in [0.1, 0.15) is 38.2 Å². The van der Waals surface area contributed by atoms with Crippen LogP contribution in [0, 0.1) is 5.41 Å². The van der Waals surface area contributed by atoms with Gasteiger partial charge in [-0.3, -0.25) is 15.2 Å². The average molecular weight is 444 g/mol. The van der Waals surface area contributed by atoms with E-state index in [0.29, 0.717) is 5.02 Å². The Morgan fingerprint density at radius 3 is 2.62 bits per heavy atom. The van der Waals surface area contributed by atoms with Gasteiger partial charge < -0.3 is 10.6 Å². The number of nitrogens with one attached hydrogen (secondary N) is 3. The Bertz CT molecular complexity index is 989. The lowest BCUT2D eigenvalue weighted by molar-refractivity contribution is 0.0950. The van der Waals surface area contributed by atoms with Gasteiger partial charge in [0.25, 0.3) is 5.91 Å². The number of aliphatic imine (C=N–C) groups is 1. The van der Waals surface area contributed by atoms with E-state index in [1.807, 2.05) is 0 Å². The van der Waals surface area contributed by atoms with E-state index in [2.05, 4.69) is 20.6 Å². The summed E-state index contributed by atoms with van der Waals surface area (Å²) >= 11 is 5.73. The molecule has 3 N–H and O–H groups in total. The molecular weight excluding hydrogens is 421 g/mol. The highest BCUT2D eigenvalue weighted by molar-refractivity contribution is 7.93. The topological polar surface area (TPSA) is 124 Å². The van der Waals surface area contributed by atoms with Crippen molar-refractivity contribution in [2.24, 2.45) is 4.99 Å². The van der Waals surface area contributed by atoms with Gasteiger partial charge in [0.1, 0.15) is 28.8 Å². The minimum atomic E-state index is -3.76. The molecule has 0 spiro atoms. The zero-order valence-corrected chi connectivity index (χ0v) is 18.1. The summed E-state index contributed by atoms with van der Waals surface area (Å²) in [6, 6.07) is 2.93. The fourth-order valence-electron chi connectivity index (χ4n) is 2.75. The fourth-order valence-corrected chi connectivity index (χ4v) is 4.55. The third-order valence-corrected chi connectivity index (χ3v) is 7.64. The molecular formula is C18H23ClFN5O3S. The van der Waals surface area contributed by atoms with Crippen LogP contribution in [0.3, 0.4) is 0 Å². The molecule has 1 saturated heterocycles. The molecule has 2 rings (SSSR count). The summed E-state index contributed by atoms with van der Waals surface area (Å²) < 4.78 is 38.5. The maximum absolute atomic E-state index is 14.6. The van der Waals surface area contributed by atoms with E-state index < -0.39 is 37.6 Å². The monoisotopic (exact) mass is 443 g/mol. The molecule has 1 amide bonds. The van der Waals surface area contributed by atoms with Crippen LogP contribution in [0.2, 0.25) is 5.02 Å². The summed E-state index contributed by atoms with van der Waals surface area (Å²) in [5, 5.41) is 13.7. The Morgan fingerprint density at radius 1 is 1.45 bits per heavy atom. The maximum Gasteiger partial charge on any atom is 0.271 e. The highest BCUT2D eigenvalue weighted by atomic mass is 35.5.